The molecule has 2 saturated carbocycles. The Labute approximate surface area is 116 Å². The van der Waals surface area contributed by atoms with Gasteiger partial charge in [0, 0.05) is 13.3 Å². The predicted octanol–water partition coefficient (Wildman–Crippen LogP) is 3.36. The standard InChI is InChI=1S/C16H26O3/c1-11(17)19-10-12-13(18)6-7-14-15(2,3)8-5-9-16(12,14)4/h12,14H,5-10H2,1-4H3/t12-,14+,16-/m1/s1. The van der Waals surface area contributed by atoms with Crippen molar-refractivity contribution in [3.05, 3.63) is 0 Å². The monoisotopic (exact) mass is 266 g/mol. The van der Waals surface area contributed by atoms with Crippen molar-refractivity contribution in [2.75, 3.05) is 6.61 Å². The van der Waals surface area contributed by atoms with E-state index in [0.29, 0.717) is 17.8 Å². The molecule has 0 aromatic carbocycles. The minimum absolute atomic E-state index is 0.00648. The van der Waals surface area contributed by atoms with Gasteiger partial charge in [0.1, 0.15) is 12.4 Å². The number of carbonyl (C=O) groups is 2. The van der Waals surface area contributed by atoms with Gasteiger partial charge in [0.25, 0.3) is 0 Å². The third-order valence-electron chi connectivity index (χ3n) is 5.59. The molecule has 0 saturated heterocycles. The Hall–Kier alpha value is -0.860. The van der Waals surface area contributed by atoms with Gasteiger partial charge in [0.05, 0.1) is 5.92 Å². The minimum Gasteiger partial charge on any atom is -0.465 e. The van der Waals surface area contributed by atoms with E-state index in [9.17, 15) is 9.59 Å². The second-order valence-electron chi connectivity index (χ2n) is 7.26. The van der Waals surface area contributed by atoms with E-state index in [4.69, 9.17) is 4.74 Å². The highest BCUT2D eigenvalue weighted by Crippen LogP contribution is 2.58. The van der Waals surface area contributed by atoms with Gasteiger partial charge < -0.3 is 4.74 Å². The lowest BCUT2D eigenvalue weighted by atomic mass is 9.48. The number of esters is 1. The van der Waals surface area contributed by atoms with E-state index in [2.05, 4.69) is 20.8 Å². The second-order valence-corrected chi connectivity index (χ2v) is 7.26. The van der Waals surface area contributed by atoms with E-state index >= 15 is 0 Å². The van der Waals surface area contributed by atoms with Gasteiger partial charge in [-0.15, -0.1) is 0 Å². The maximum absolute atomic E-state index is 12.3. The molecular formula is C16H26O3. The van der Waals surface area contributed by atoms with Gasteiger partial charge in [-0.1, -0.05) is 27.2 Å². The summed E-state index contributed by atoms with van der Waals surface area (Å²) in [6.07, 6.45) is 5.14. The van der Waals surface area contributed by atoms with Gasteiger partial charge in [-0.2, -0.15) is 0 Å². The number of hydrogen-bond acceptors (Lipinski definition) is 3. The largest absolute Gasteiger partial charge is 0.465 e. The molecule has 0 amide bonds. The Morgan fingerprint density at radius 3 is 2.63 bits per heavy atom. The van der Waals surface area contributed by atoms with Gasteiger partial charge in [-0.25, -0.2) is 0 Å². The van der Waals surface area contributed by atoms with E-state index in [1.54, 1.807) is 0 Å². The van der Waals surface area contributed by atoms with Crippen molar-refractivity contribution < 1.29 is 14.3 Å². The molecule has 2 aliphatic rings. The molecule has 0 radical (unpaired) electrons. The number of fused-ring (bicyclic) bond motifs is 1. The molecule has 108 valence electrons. The molecule has 0 aliphatic heterocycles. The maximum atomic E-state index is 12.3. The fourth-order valence-corrected chi connectivity index (χ4v) is 4.62. The number of hydrogen-bond donors (Lipinski definition) is 0. The molecule has 0 N–H and O–H groups in total. The van der Waals surface area contributed by atoms with Crippen LogP contribution in [0.1, 0.15) is 59.8 Å². The molecule has 0 heterocycles. The van der Waals surface area contributed by atoms with E-state index < -0.39 is 0 Å². The van der Waals surface area contributed by atoms with Crippen LogP contribution in [0.25, 0.3) is 0 Å². The van der Waals surface area contributed by atoms with Gasteiger partial charge >= 0.3 is 5.97 Å². The SMILES string of the molecule is CC(=O)OC[C@@H]1C(=O)CC[C@H]2C(C)(C)CCC[C@]12C. The van der Waals surface area contributed by atoms with E-state index in [1.807, 2.05) is 0 Å². The van der Waals surface area contributed by atoms with Crippen LogP contribution in [0.2, 0.25) is 0 Å². The summed E-state index contributed by atoms with van der Waals surface area (Å²) in [7, 11) is 0. The third-order valence-corrected chi connectivity index (χ3v) is 5.59. The molecule has 0 aromatic rings. The molecule has 19 heavy (non-hydrogen) atoms. The first-order valence-electron chi connectivity index (χ1n) is 7.43. The summed E-state index contributed by atoms with van der Waals surface area (Å²) < 4.78 is 5.17. The Bertz CT molecular complexity index is 385. The van der Waals surface area contributed by atoms with Crippen LogP contribution in [-0.4, -0.2) is 18.4 Å². The van der Waals surface area contributed by atoms with Gasteiger partial charge in [0.15, 0.2) is 0 Å². The Balaban J connectivity index is 2.24. The number of ketones is 1. The summed E-state index contributed by atoms with van der Waals surface area (Å²) in [5.41, 5.74) is 0.300. The first-order chi connectivity index (χ1) is 8.77. The average Bonchev–Trinajstić information content (AvgIpc) is 2.26. The zero-order valence-electron chi connectivity index (χ0n) is 12.6. The highest BCUT2D eigenvalue weighted by Gasteiger charge is 2.54. The molecule has 3 nitrogen and oxygen atoms in total. The fourth-order valence-electron chi connectivity index (χ4n) is 4.62. The minimum atomic E-state index is -0.284. The molecule has 2 rings (SSSR count). The lowest BCUT2D eigenvalue weighted by Gasteiger charge is -2.56. The zero-order chi connectivity index (χ0) is 14.3. The molecule has 0 spiro atoms. The van der Waals surface area contributed by atoms with E-state index in [1.165, 1.54) is 19.8 Å². The molecule has 0 unspecified atom stereocenters. The Morgan fingerprint density at radius 2 is 2.00 bits per heavy atom. The highest BCUT2D eigenvalue weighted by atomic mass is 16.5. The zero-order valence-corrected chi connectivity index (χ0v) is 12.6. The Morgan fingerprint density at radius 1 is 1.32 bits per heavy atom. The second kappa shape index (κ2) is 4.92. The summed E-state index contributed by atoms with van der Waals surface area (Å²) >= 11 is 0. The average molecular weight is 266 g/mol. The van der Waals surface area contributed by atoms with E-state index in [-0.39, 0.29) is 29.7 Å². The number of Topliss-reactive ketones (excluding diaryl/α,β-unsaturated/α-hetero) is 1. The van der Waals surface area contributed by atoms with Crippen molar-refractivity contribution in [1.82, 2.24) is 0 Å². The predicted molar refractivity (Wildman–Crippen MR) is 73.6 cm³/mol. The van der Waals surface area contributed by atoms with Crippen LogP contribution < -0.4 is 0 Å². The maximum Gasteiger partial charge on any atom is 0.302 e. The van der Waals surface area contributed by atoms with Crippen LogP contribution in [0.15, 0.2) is 0 Å². The summed E-state index contributed by atoms with van der Waals surface area (Å²) in [5, 5.41) is 0. The van der Waals surface area contributed by atoms with Crippen molar-refractivity contribution in [2.24, 2.45) is 22.7 Å². The summed E-state index contributed by atoms with van der Waals surface area (Å²) in [5.74, 6) is 0.466. The quantitative estimate of drug-likeness (QED) is 0.720. The molecule has 2 fully saturated rings. The number of ether oxygens (including phenoxy) is 1. The number of rotatable bonds is 2. The van der Waals surface area contributed by atoms with Crippen LogP contribution in [0, 0.1) is 22.7 Å². The smallest absolute Gasteiger partial charge is 0.302 e. The van der Waals surface area contributed by atoms with E-state index in [0.717, 1.165) is 12.8 Å². The molecule has 0 bridgehead atoms. The summed E-state index contributed by atoms with van der Waals surface area (Å²) in [6, 6.07) is 0. The van der Waals surface area contributed by atoms with Crippen LogP contribution in [-0.2, 0) is 14.3 Å². The van der Waals surface area contributed by atoms with Gasteiger partial charge in [-0.3, -0.25) is 9.59 Å². The van der Waals surface area contributed by atoms with Crippen molar-refractivity contribution in [1.29, 1.82) is 0 Å². The molecule has 3 atom stereocenters. The van der Waals surface area contributed by atoms with Crippen LogP contribution in [0.4, 0.5) is 0 Å². The molecule has 2 aliphatic carbocycles. The van der Waals surface area contributed by atoms with Crippen LogP contribution in [0.3, 0.4) is 0 Å². The van der Waals surface area contributed by atoms with Crippen molar-refractivity contribution in [3.8, 4) is 0 Å². The lowest BCUT2D eigenvalue weighted by Crippen LogP contribution is -2.53. The first-order valence-corrected chi connectivity index (χ1v) is 7.43. The van der Waals surface area contributed by atoms with Crippen molar-refractivity contribution in [2.45, 2.75) is 59.8 Å². The van der Waals surface area contributed by atoms with Gasteiger partial charge in [0.2, 0.25) is 0 Å². The van der Waals surface area contributed by atoms with Crippen molar-refractivity contribution >= 4 is 11.8 Å². The normalized spacial score (nSPS) is 37.6. The summed E-state index contributed by atoms with van der Waals surface area (Å²) in [4.78, 5) is 23.3. The number of carbonyl (C=O) groups excluding carboxylic acids is 2. The molecule has 0 aromatic heterocycles. The Kier molecular flexibility index (Phi) is 3.76. The molecular weight excluding hydrogens is 240 g/mol. The van der Waals surface area contributed by atoms with Gasteiger partial charge in [-0.05, 0) is 36.0 Å². The lowest BCUT2D eigenvalue weighted by molar-refractivity contribution is -0.156. The van der Waals surface area contributed by atoms with Crippen molar-refractivity contribution in [3.63, 3.8) is 0 Å². The first kappa shape index (κ1) is 14.5. The topological polar surface area (TPSA) is 43.4 Å². The summed E-state index contributed by atoms with van der Waals surface area (Å²) in [6.45, 7) is 8.58. The fraction of sp³-hybridized carbons (Fsp3) is 0.875. The highest BCUT2D eigenvalue weighted by molar-refractivity contribution is 5.83. The third kappa shape index (κ3) is 2.56. The van der Waals surface area contributed by atoms with Crippen LogP contribution in [0.5, 0.6) is 0 Å². The molecule has 3 heteroatoms. The van der Waals surface area contributed by atoms with Crippen LogP contribution >= 0.6 is 0 Å².